The lowest BCUT2D eigenvalue weighted by molar-refractivity contribution is 1.37. The molecule has 2 aromatic carbocycles. The van der Waals surface area contributed by atoms with Gasteiger partial charge in [0.05, 0.1) is 0 Å². The van der Waals surface area contributed by atoms with Gasteiger partial charge in [-0.15, -0.1) is 9.24 Å². The lowest BCUT2D eigenvalue weighted by Gasteiger charge is -2.09. The van der Waals surface area contributed by atoms with E-state index >= 15 is 0 Å². The van der Waals surface area contributed by atoms with E-state index in [4.69, 9.17) is 0 Å². The Hall–Kier alpha value is -1.13. The van der Waals surface area contributed by atoms with E-state index in [-0.39, 0.29) is 0 Å². The van der Waals surface area contributed by atoms with Crippen molar-refractivity contribution < 1.29 is 0 Å². The van der Waals surface area contributed by atoms with Crippen LogP contribution in [0.5, 0.6) is 0 Å². The summed E-state index contributed by atoms with van der Waals surface area (Å²) in [4.78, 5) is 0. The summed E-state index contributed by atoms with van der Waals surface area (Å²) < 4.78 is 0. The van der Waals surface area contributed by atoms with Crippen LogP contribution in [0.1, 0.15) is 16.7 Å². The molecule has 1 unspecified atom stereocenters. The first-order valence-electron chi connectivity index (χ1n) is 5.51. The molecule has 0 heterocycles. The minimum Gasteiger partial charge on any atom is -0.106 e. The fourth-order valence-corrected chi connectivity index (χ4v) is 2.49. The van der Waals surface area contributed by atoms with Crippen molar-refractivity contribution in [1.29, 1.82) is 0 Å². The third kappa shape index (κ3) is 2.33. The Morgan fingerprint density at radius 1 is 0.812 bits per heavy atom. The van der Waals surface area contributed by atoms with Crippen LogP contribution in [0.3, 0.4) is 0 Å². The van der Waals surface area contributed by atoms with Crippen LogP contribution in [-0.4, -0.2) is 0 Å². The van der Waals surface area contributed by atoms with Crippen LogP contribution in [0.15, 0.2) is 36.4 Å². The maximum atomic E-state index is 2.74. The summed E-state index contributed by atoms with van der Waals surface area (Å²) >= 11 is 0. The molecule has 0 fully saturated rings. The van der Waals surface area contributed by atoms with Crippen molar-refractivity contribution in [1.82, 2.24) is 0 Å². The molecule has 0 bridgehead atoms. The Kier molecular flexibility index (Phi) is 3.12. The van der Waals surface area contributed by atoms with Crippen molar-refractivity contribution in [2.24, 2.45) is 0 Å². The van der Waals surface area contributed by atoms with Gasteiger partial charge < -0.3 is 0 Å². The van der Waals surface area contributed by atoms with Gasteiger partial charge in [0, 0.05) is 0 Å². The molecular weight excluding hydrogens is 211 g/mol. The molecule has 2 rings (SSSR count). The van der Waals surface area contributed by atoms with Gasteiger partial charge in [0.1, 0.15) is 0 Å². The van der Waals surface area contributed by atoms with E-state index in [2.05, 4.69) is 66.4 Å². The van der Waals surface area contributed by atoms with Crippen molar-refractivity contribution in [2.75, 3.05) is 0 Å². The fraction of sp³-hybridized carbons (Fsp3) is 0.200. The quantitative estimate of drug-likeness (QED) is 0.652. The van der Waals surface area contributed by atoms with Crippen LogP contribution in [0.2, 0.25) is 0 Å². The summed E-state index contributed by atoms with van der Waals surface area (Å²) in [6.45, 7) is 6.46. The van der Waals surface area contributed by atoms with E-state index in [1.807, 2.05) is 0 Å². The van der Waals surface area contributed by atoms with Crippen LogP contribution < -0.4 is 5.30 Å². The van der Waals surface area contributed by atoms with E-state index in [1.54, 1.807) is 0 Å². The molecule has 0 amide bonds. The second kappa shape index (κ2) is 4.39. The molecule has 0 aliphatic heterocycles. The highest BCUT2D eigenvalue weighted by Gasteiger charge is 2.03. The van der Waals surface area contributed by atoms with Crippen molar-refractivity contribution in [2.45, 2.75) is 20.8 Å². The minimum absolute atomic E-state index is 1.24. The smallest absolute Gasteiger partial charge is 0.0154 e. The molecule has 1 heteroatoms. The van der Waals surface area contributed by atoms with Gasteiger partial charge in [0.25, 0.3) is 0 Å². The van der Waals surface area contributed by atoms with E-state index in [0.29, 0.717) is 0 Å². The van der Waals surface area contributed by atoms with Gasteiger partial charge in [-0.2, -0.15) is 0 Å². The molecule has 0 aliphatic carbocycles. The van der Waals surface area contributed by atoms with Crippen LogP contribution >= 0.6 is 9.24 Å². The van der Waals surface area contributed by atoms with Crippen molar-refractivity contribution in [3.8, 4) is 11.1 Å². The normalized spacial score (nSPS) is 10.5. The monoisotopic (exact) mass is 228 g/mol. The Morgan fingerprint density at radius 2 is 1.44 bits per heavy atom. The lowest BCUT2D eigenvalue weighted by Crippen LogP contribution is -1.93. The molecule has 0 saturated carbocycles. The van der Waals surface area contributed by atoms with E-state index in [1.165, 1.54) is 33.1 Å². The standard InChI is InChI=1S/C15H17P/c1-10-6-11(2)8-13(7-10)15-5-4-14(16)9-12(15)3/h4-9H,16H2,1-3H3. The van der Waals surface area contributed by atoms with Gasteiger partial charge in [-0.25, -0.2) is 0 Å². The summed E-state index contributed by atoms with van der Waals surface area (Å²) in [6, 6.07) is 13.3. The third-order valence-electron chi connectivity index (χ3n) is 2.78. The van der Waals surface area contributed by atoms with Gasteiger partial charge in [-0.1, -0.05) is 47.5 Å². The first kappa shape index (κ1) is 11.4. The van der Waals surface area contributed by atoms with E-state index in [0.717, 1.165) is 0 Å². The Labute approximate surface area is 99.9 Å². The fourth-order valence-electron chi connectivity index (χ4n) is 2.14. The Morgan fingerprint density at radius 3 is 2.00 bits per heavy atom. The number of hydrogen-bond donors (Lipinski definition) is 0. The molecular formula is C15H17P. The molecule has 2 aromatic rings. The average molecular weight is 228 g/mol. The van der Waals surface area contributed by atoms with Gasteiger partial charge in [0.15, 0.2) is 0 Å². The first-order chi connectivity index (χ1) is 7.56. The average Bonchev–Trinajstić information content (AvgIpc) is 2.15. The first-order valence-corrected chi connectivity index (χ1v) is 6.09. The van der Waals surface area contributed by atoms with Gasteiger partial charge in [-0.05, 0) is 42.8 Å². The predicted molar refractivity (Wildman–Crippen MR) is 75.4 cm³/mol. The van der Waals surface area contributed by atoms with E-state index < -0.39 is 0 Å². The number of benzene rings is 2. The number of hydrogen-bond acceptors (Lipinski definition) is 0. The highest BCUT2D eigenvalue weighted by molar-refractivity contribution is 7.27. The molecule has 0 nitrogen and oxygen atoms in total. The SMILES string of the molecule is Cc1cc(C)cc(-c2ccc(P)cc2C)c1. The van der Waals surface area contributed by atoms with Crippen LogP contribution in [0, 0.1) is 20.8 Å². The second-order valence-electron chi connectivity index (χ2n) is 4.45. The molecule has 1 atom stereocenters. The molecule has 0 spiro atoms. The van der Waals surface area contributed by atoms with E-state index in [9.17, 15) is 0 Å². The molecule has 0 saturated heterocycles. The minimum atomic E-state index is 1.24. The zero-order valence-electron chi connectivity index (χ0n) is 10.0. The molecule has 82 valence electrons. The molecule has 0 aliphatic rings. The Bertz CT molecular complexity index is 507. The van der Waals surface area contributed by atoms with Gasteiger partial charge in [-0.3, -0.25) is 0 Å². The summed E-state index contributed by atoms with van der Waals surface area (Å²) in [6.07, 6.45) is 0. The number of aryl methyl sites for hydroxylation is 3. The highest BCUT2D eigenvalue weighted by atomic mass is 31.0. The summed E-state index contributed by atoms with van der Waals surface area (Å²) in [5.41, 5.74) is 6.63. The zero-order chi connectivity index (χ0) is 11.7. The maximum Gasteiger partial charge on any atom is -0.0154 e. The predicted octanol–water partition coefficient (Wildman–Crippen LogP) is 3.78. The highest BCUT2D eigenvalue weighted by Crippen LogP contribution is 2.25. The largest absolute Gasteiger partial charge is 0.106 e. The van der Waals surface area contributed by atoms with Crippen LogP contribution in [0.4, 0.5) is 0 Å². The molecule has 0 aromatic heterocycles. The number of rotatable bonds is 1. The maximum absolute atomic E-state index is 2.74. The summed E-state index contributed by atoms with van der Waals surface area (Å²) in [7, 11) is 2.74. The molecule has 0 radical (unpaired) electrons. The van der Waals surface area contributed by atoms with Crippen molar-refractivity contribution >= 4 is 14.5 Å². The van der Waals surface area contributed by atoms with Crippen LogP contribution in [-0.2, 0) is 0 Å². The third-order valence-corrected chi connectivity index (χ3v) is 3.14. The Balaban J connectivity index is 2.58. The topological polar surface area (TPSA) is 0 Å². The van der Waals surface area contributed by atoms with Crippen molar-refractivity contribution in [3.63, 3.8) is 0 Å². The zero-order valence-corrected chi connectivity index (χ0v) is 11.2. The van der Waals surface area contributed by atoms with Crippen molar-refractivity contribution in [3.05, 3.63) is 53.1 Å². The summed E-state index contributed by atoms with van der Waals surface area (Å²) in [5, 5.41) is 1.24. The summed E-state index contributed by atoms with van der Waals surface area (Å²) in [5.74, 6) is 0. The second-order valence-corrected chi connectivity index (χ2v) is 5.12. The van der Waals surface area contributed by atoms with Gasteiger partial charge >= 0.3 is 0 Å². The van der Waals surface area contributed by atoms with Gasteiger partial charge in [0.2, 0.25) is 0 Å². The molecule has 0 N–H and O–H groups in total. The molecule has 16 heavy (non-hydrogen) atoms. The lowest BCUT2D eigenvalue weighted by atomic mass is 9.97. The van der Waals surface area contributed by atoms with Crippen LogP contribution in [0.25, 0.3) is 11.1 Å².